The number of rotatable bonds is 7. The van der Waals surface area contributed by atoms with E-state index >= 15 is 0 Å². The van der Waals surface area contributed by atoms with Gasteiger partial charge in [0.25, 0.3) is 0 Å². The Bertz CT molecular complexity index is 1410. The molecule has 0 unspecified atom stereocenters. The van der Waals surface area contributed by atoms with Crippen molar-refractivity contribution in [2.75, 3.05) is 0 Å². The van der Waals surface area contributed by atoms with Crippen LogP contribution in [-0.4, -0.2) is 14.8 Å². The van der Waals surface area contributed by atoms with Crippen LogP contribution in [0, 0.1) is 30.3 Å². The third-order valence-corrected chi connectivity index (χ3v) is 5.40. The molecule has 4 rings (SSSR count). The topological polar surface area (TPSA) is 129 Å². The van der Waals surface area contributed by atoms with E-state index in [4.69, 9.17) is 0 Å². The second-order valence-electron chi connectivity index (χ2n) is 7.45. The van der Waals surface area contributed by atoms with E-state index in [0.29, 0.717) is 27.8 Å². The monoisotopic (exact) mass is 467 g/mol. The van der Waals surface area contributed by atoms with Gasteiger partial charge in [0, 0.05) is 11.6 Å². The Hall–Kier alpha value is -5.18. The zero-order valence-corrected chi connectivity index (χ0v) is 18.1. The molecule has 0 bridgehead atoms. The SMILES string of the molecule is O=[N+]([O-])c1ccc(C(=C(c2ccccc2)c2ccccc2)c2ccccc2)c([N+](=O)[O-])c1[N+](=O)[O-]. The summed E-state index contributed by atoms with van der Waals surface area (Å²) in [7, 11) is 0. The molecule has 0 amide bonds. The molecule has 0 spiro atoms. The maximum atomic E-state index is 12.2. The first kappa shape index (κ1) is 23.0. The zero-order valence-electron chi connectivity index (χ0n) is 18.1. The van der Waals surface area contributed by atoms with Gasteiger partial charge >= 0.3 is 17.1 Å². The van der Waals surface area contributed by atoms with Crippen LogP contribution >= 0.6 is 0 Å². The van der Waals surface area contributed by atoms with Crippen LogP contribution in [0.2, 0.25) is 0 Å². The van der Waals surface area contributed by atoms with Gasteiger partial charge in [0.1, 0.15) is 0 Å². The Morgan fingerprint density at radius 2 is 0.857 bits per heavy atom. The smallest absolute Gasteiger partial charge is 0.258 e. The number of benzene rings is 4. The minimum absolute atomic E-state index is 0.0961. The largest absolute Gasteiger partial charge is 0.422 e. The van der Waals surface area contributed by atoms with E-state index in [9.17, 15) is 30.3 Å². The summed E-state index contributed by atoms with van der Waals surface area (Å²) in [5, 5.41) is 35.6. The fourth-order valence-corrected chi connectivity index (χ4v) is 3.99. The summed E-state index contributed by atoms with van der Waals surface area (Å²) in [5.74, 6) is 0. The van der Waals surface area contributed by atoms with Crippen LogP contribution in [0.25, 0.3) is 11.1 Å². The van der Waals surface area contributed by atoms with Gasteiger partial charge in [-0.05, 0) is 28.3 Å². The molecule has 0 saturated carbocycles. The van der Waals surface area contributed by atoms with Crippen molar-refractivity contribution >= 4 is 28.2 Å². The highest BCUT2D eigenvalue weighted by Gasteiger charge is 2.40. The standard InChI is InChI=1S/C26H17N3O6/c30-27(31)22-17-16-21(25(28(32)33)26(22)29(34)35)24(20-14-8-3-9-15-20)23(18-10-4-1-5-11-18)19-12-6-2-7-13-19/h1-17H. The van der Waals surface area contributed by atoms with Crippen molar-refractivity contribution in [3.63, 3.8) is 0 Å². The summed E-state index contributed by atoms with van der Waals surface area (Å²) in [4.78, 5) is 32.6. The van der Waals surface area contributed by atoms with Crippen LogP contribution in [0.1, 0.15) is 22.3 Å². The lowest BCUT2D eigenvalue weighted by molar-refractivity contribution is -0.441. The number of hydrogen-bond donors (Lipinski definition) is 0. The predicted molar refractivity (Wildman–Crippen MR) is 131 cm³/mol. The third-order valence-electron chi connectivity index (χ3n) is 5.40. The molecule has 9 nitrogen and oxygen atoms in total. The second-order valence-corrected chi connectivity index (χ2v) is 7.45. The van der Waals surface area contributed by atoms with Crippen LogP contribution in [-0.2, 0) is 0 Å². The number of nitro groups is 3. The first-order valence-electron chi connectivity index (χ1n) is 10.4. The molecular weight excluding hydrogens is 450 g/mol. The molecule has 0 radical (unpaired) electrons. The molecule has 172 valence electrons. The molecule has 9 heteroatoms. The first-order valence-corrected chi connectivity index (χ1v) is 10.4. The van der Waals surface area contributed by atoms with Gasteiger partial charge in [0.05, 0.1) is 20.3 Å². The van der Waals surface area contributed by atoms with E-state index in [-0.39, 0.29) is 5.56 Å². The summed E-state index contributed by atoms with van der Waals surface area (Å²) in [6.45, 7) is 0. The maximum absolute atomic E-state index is 12.2. The summed E-state index contributed by atoms with van der Waals surface area (Å²) < 4.78 is 0. The minimum atomic E-state index is -1.16. The van der Waals surface area contributed by atoms with E-state index in [1.165, 1.54) is 6.07 Å². The van der Waals surface area contributed by atoms with Gasteiger partial charge in [-0.3, -0.25) is 30.3 Å². The Balaban J connectivity index is 2.24. The molecule has 0 atom stereocenters. The second kappa shape index (κ2) is 9.75. The summed E-state index contributed by atoms with van der Waals surface area (Å²) in [6.07, 6.45) is 0. The van der Waals surface area contributed by atoms with E-state index in [1.54, 1.807) is 30.3 Å². The molecule has 35 heavy (non-hydrogen) atoms. The molecular formula is C26H17N3O6. The molecule has 0 heterocycles. The number of nitro benzene ring substituents is 3. The molecule has 0 aliphatic rings. The van der Waals surface area contributed by atoms with Gasteiger partial charge < -0.3 is 0 Å². The van der Waals surface area contributed by atoms with Crippen molar-refractivity contribution in [3.05, 3.63) is 156 Å². The summed E-state index contributed by atoms with van der Waals surface area (Å²) in [5.41, 5.74) is -0.225. The fourth-order valence-electron chi connectivity index (χ4n) is 3.99. The quantitative estimate of drug-likeness (QED) is 0.175. The average molecular weight is 467 g/mol. The van der Waals surface area contributed by atoms with Crippen LogP contribution in [0.3, 0.4) is 0 Å². The van der Waals surface area contributed by atoms with Gasteiger partial charge in [0.2, 0.25) is 0 Å². The van der Waals surface area contributed by atoms with Crippen LogP contribution in [0.5, 0.6) is 0 Å². The van der Waals surface area contributed by atoms with Crippen molar-refractivity contribution in [1.82, 2.24) is 0 Å². The highest BCUT2D eigenvalue weighted by Crippen LogP contribution is 2.46. The van der Waals surface area contributed by atoms with Crippen LogP contribution in [0.4, 0.5) is 17.1 Å². The Labute approximate surface area is 199 Å². The van der Waals surface area contributed by atoms with Crippen molar-refractivity contribution in [2.45, 2.75) is 0 Å². The molecule has 0 fully saturated rings. The lowest BCUT2D eigenvalue weighted by Crippen LogP contribution is -2.06. The normalized spacial score (nSPS) is 10.4. The van der Waals surface area contributed by atoms with E-state index < -0.39 is 31.8 Å². The average Bonchev–Trinajstić information content (AvgIpc) is 2.87. The number of hydrogen-bond acceptors (Lipinski definition) is 6. The van der Waals surface area contributed by atoms with Gasteiger partial charge in [-0.15, -0.1) is 0 Å². The zero-order chi connectivity index (χ0) is 24.9. The third kappa shape index (κ3) is 4.51. The predicted octanol–water partition coefficient (Wildman–Crippen LogP) is 6.42. The fraction of sp³-hybridized carbons (Fsp3) is 0. The summed E-state index contributed by atoms with van der Waals surface area (Å²) >= 11 is 0. The highest BCUT2D eigenvalue weighted by molar-refractivity contribution is 6.07. The van der Waals surface area contributed by atoms with Crippen LogP contribution in [0.15, 0.2) is 103 Å². The molecule has 0 aliphatic heterocycles. The van der Waals surface area contributed by atoms with E-state index in [0.717, 1.165) is 6.07 Å². The lowest BCUT2D eigenvalue weighted by atomic mass is 9.85. The molecule has 0 aliphatic carbocycles. The Morgan fingerprint density at radius 3 is 1.23 bits per heavy atom. The van der Waals surface area contributed by atoms with Crippen molar-refractivity contribution in [2.24, 2.45) is 0 Å². The highest BCUT2D eigenvalue weighted by atomic mass is 16.6. The lowest BCUT2D eigenvalue weighted by Gasteiger charge is -2.18. The van der Waals surface area contributed by atoms with Crippen molar-refractivity contribution in [3.8, 4) is 0 Å². The van der Waals surface area contributed by atoms with Gasteiger partial charge in [-0.1, -0.05) is 91.0 Å². The van der Waals surface area contributed by atoms with E-state index in [2.05, 4.69) is 0 Å². The first-order chi connectivity index (χ1) is 16.9. The summed E-state index contributed by atoms with van der Waals surface area (Å²) in [6, 6.07) is 29.1. The van der Waals surface area contributed by atoms with Gasteiger partial charge in [-0.2, -0.15) is 0 Å². The Kier molecular flexibility index (Phi) is 6.41. The van der Waals surface area contributed by atoms with Crippen molar-refractivity contribution in [1.29, 1.82) is 0 Å². The molecule has 0 N–H and O–H groups in total. The van der Waals surface area contributed by atoms with E-state index in [1.807, 2.05) is 60.7 Å². The van der Waals surface area contributed by atoms with Gasteiger partial charge in [0.15, 0.2) is 0 Å². The maximum Gasteiger partial charge on any atom is 0.422 e. The Morgan fingerprint density at radius 1 is 0.457 bits per heavy atom. The minimum Gasteiger partial charge on any atom is -0.258 e. The van der Waals surface area contributed by atoms with Crippen molar-refractivity contribution < 1.29 is 14.8 Å². The number of nitrogens with zero attached hydrogens (tertiary/aromatic N) is 3. The molecule has 0 saturated heterocycles. The van der Waals surface area contributed by atoms with Gasteiger partial charge in [-0.25, -0.2) is 0 Å². The molecule has 4 aromatic carbocycles. The molecule has 4 aromatic rings. The van der Waals surface area contributed by atoms with Crippen LogP contribution < -0.4 is 0 Å². The molecule has 0 aromatic heterocycles.